The monoisotopic (exact) mass is 266 g/mol. The molecule has 1 aromatic rings. The van der Waals surface area contributed by atoms with Crippen LogP contribution in [0, 0.1) is 5.82 Å². The molecule has 1 rings (SSSR count). The molecule has 0 heterocycles. The van der Waals surface area contributed by atoms with Crippen LogP contribution >= 0.6 is 0 Å². The Morgan fingerprint density at radius 3 is 2.63 bits per heavy atom. The molecule has 0 aliphatic heterocycles. The predicted octanol–water partition coefficient (Wildman–Crippen LogP) is 4.39. The Morgan fingerprint density at radius 2 is 1.89 bits per heavy atom. The summed E-state index contributed by atoms with van der Waals surface area (Å²) in [4.78, 5) is 11.7. The maximum atomic E-state index is 12.9. The van der Waals surface area contributed by atoms with Gasteiger partial charge in [0.05, 0.1) is 0 Å². The maximum absolute atomic E-state index is 12.9. The normalized spacial score (nSPS) is 10.6. The minimum absolute atomic E-state index is 0.0401. The van der Waals surface area contributed by atoms with Gasteiger partial charge in [-0.15, -0.1) is 0 Å². The van der Waals surface area contributed by atoms with Gasteiger partial charge in [0.25, 0.3) is 0 Å². The first-order valence-electron chi connectivity index (χ1n) is 7.10. The average molecular weight is 266 g/mol. The molecule has 0 aliphatic carbocycles. The molecule has 0 radical (unpaired) electrons. The van der Waals surface area contributed by atoms with Crippen LogP contribution in [-0.4, -0.2) is 19.0 Å². The molecule has 0 atom stereocenters. The van der Waals surface area contributed by atoms with Gasteiger partial charge in [-0.3, -0.25) is 4.79 Å². The first kappa shape index (κ1) is 15.8. The van der Waals surface area contributed by atoms with Gasteiger partial charge in [0.1, 0.15) is 12.4 Å². The highest BCUT2D eigenvalue weighted by Gasteiger charge is 2.06. The van der Waals surface area contributed by atoms with Crippen LogP contribution < -0.4 is 0 Å². The van der Waals surface area contributed by atoms with Crippen LogP contribution in [0.5, 0.6) is 0 Å². The van der Waals surface area contributed by atoms with Crippen molar-refractivity contribution in [3.63, 3.8) is 0 Å². The topological polar surface area (TPSA) is 26.3 Å². The van der Waals surface area contributed by atoms with Gasteiger partial charge in [-0.1, -0.05) is 51.2 Å². The summed E-state index contributed by atoms with van der Waals surface area (Å²) < 4.78 is 18.2. The van der Waals surface area contributed by atoms with Crippen molar-refractivity contribution in [2.24, 2.45) is 0 Å². The highest BCUT2D eigenvalue weighted by Crippen LogP contribution is 2.06. The molecule has 3 heteroatoms. The highest BCUT2D eigenvalue weighted by molar-refractivity contribution is 5.97. The summed E-state index contributed by atoms with van der Waals surface area (Å²) in [6.07, 6.45) is 7.18. The van der Waals surface area contributed by atoms with E-state index in [1.165, 1.54) is 43.9 Å². The lowest BCUT2D eigenvalue weighted by molar-refractivity contribution is 0.0752. The van der Waals surface area contributed by atoms with Gasteiger partial charge in [-0.2, -0.15) is 0 Å². The van der Waals surface area contributed by atoms with Gasteiger partial charge in [0.2, 0.25) is 0 Å². The maximum Gasteiger partial charge on any atom is 0.188 e. The molecule has 0 bridgehead atoms. The van der Waals surface area contributed by atoms with E-state index in [1.54, 1.807) is 6.07 Å². The Balaban J connectivity index is 2.08. The average Bonchev–Trinajstić information content (AvgIpc) is 2.41. The van der Waals surface area contributed by atoms with Crippen LogP contribution in [0.4, 0.5) is 4.39 Å². The molecule has 2 nitrogen and oxygen atoms in total. The van der Waals surface area contributed by atoms with E-state index in [-0.39, 0.29) is 18.2 Å². The molecule has 0 aliphatic rings. The summed E-state index contributed by atoms with van der Waals surface area (Å²) in [6, 6.07) is 5.72. The molecule has 0 N–H and O–H groups in total. The fourth-order valence-electron chi connectivity index (χ4n) is 1.89. The van der Waals surface area contributed by atoms with Crippen LogP contribution in [0.2, 0.25) is 0 Å². The predicted molar refractivity (Wildman–Crippen MR) is 74.9 cm³/mol. The summed E-state index contributed by atoms with van der Waals surface area (Å²) in [7, 11) is 0. The van der Waals surface area contributed by atoms with E-state index in [0.29, 0.717) is 12.2 Å². The number of carbonyl (C=O) groups excluding carboxylic acids is 1. The Morgan fingerprint density at radius 1 is 1.16 bits per heavy atom. The third kappa shape index (κ3) is 7.06. The van der Waals surface area contributed by atoms with Gasteiger partial charge in [0.15, 0.2) is 5.78 Å². The minimum Gasteiger partial charge on any atom is -0.373 e. The molecule has 19 heavy (non-hydrogen) atoms. The molecule has 0 fully saturated rings. The van der Waals surface area contributed by atoms with E-state index in [2.05, 4.69) is 6.92 Å². The van der Waals surface area contributed by atoms with Gasteiger partial charge < -0.3 is 4.74 Å². The second kappa shape index (κ2) is 9.68. The number of ether oxygens (including phenoxy) is 1. The van der Waals surface area contributed by atoms with Gasteiger partial charge in [0, 0.05) is 12.2 Å². The molecule has 0 saturated carbocycles. The molecular formula is C16H23FO2. The van der Waals surface area contributed by atoms with E-state index in [0.717, 1.165) is 12.8 Å². The molecular weight excluding hydrogens is 243 g/mol. The number of benzene rings is 1. The number of hydrogen-bond donors (Lipinski definition) is 0. The van der Waals surface area contributed by atoms with E-state index < -0.39 is 0 Å². The Kier molecular flexibility index (Phi) is 8.07. The Labute approximate surface area is 115 Å². The lowest BCUT2D eigenvalue weighted by atomic mass is 10.1. The molecule has 0 unspecified atom stereocenters. The van der Waals surface area contributed by atoms with Crippen LogP contribution in [0.1, 0.15) is 55.8 Å². The third-order valence-corrected chi connectivity index (χ3v) is 3.02. The zero-order valence-electron chi connectivity index (χ0n) is 11.7. The van der Waals surface area contributed by atoms with Crippen molar-refractivity contribution in [2.45, 2.75) is 45.4 Å². The summed E-state index contributed by atoms with van der Waals surface area (Å²) in [5.41, 5.74) is 0.378. The zero-order chi connectivity index (χ0) is 13.9. The quantitative estimate of drug-likeness (QED) is 0.464. The second-order valence-electron chi connectivity index (χ2n) is 4.75. The van der Waals surface area contributed by atoms with Gasteiger partial charge >= 0.3 is 0 Å². The van der Waals surface area contributed by atoms with Crippen LogP contribution in [-0.2, 0) is 4.74 Å². The molecule has 0 spiro atoms. The Hall–Kier alpha value is -1.22. The van der Waals surface area contributed by atoms with E-state index in [9.17, 15) is 9.18 Å². The standard InChI is InChI=1S/C16H23FO2/c1-2-3-4-5-6-7-11-19-13-16(18)14-9-8-10-15(17)12-14/h8-10,12H,2-7,11,13H2,1H3. The van der Waals surface area contributed by atoms with Crippen molar-refractivity contribution in [1.82, 2.24) is 0 Å². The number of halogens is 1. The van der Waals surface area contributed by atoms with Gasteiger partial charge in [-0.05, 0) is 18.6 Å². The number of rotatable bonds is 10. The lowest BCUT2D eigenvalue weighted by Gasteiger charge is -2.04. The van der Waals surface area contributed by atoms with Gasteiger partial charge in [-0.25, -0.2) is 4.39 Å². The summed E-state index contributed by atoms with van der Waals surface area (Å²) in [5.74, 6) is -0.549. The SMILES string of the molecule is CCCCCCCCOCC(=O)c1cccc(F)c1. The van der Waals surface area contributed by atoms with Crippen molar-refractivity contribution < 1.29 is 13.9 Å². The number of Topliss-reactive ketones (excluding diaryl/α,β-unsaturated/α-hetero) is 1. The van der Waals surface area contributed by atoms with Crippen LogP contribution in [0.3, 0.4) is 0 Å². The zero-order valence-corrected chi connectivity index (χ0v) is 11.7. The second-order valence-corrected chi connectivity index (χ2v) is 4.75. The lowest BCUT2D eigenvalue weighted by Crippen LogP contribution is -2.10. The molecule has 0 amide bonds. The minimum atomic E-state index is -0.387. The van der Waals surface area contributed by atoms with Crippen molar-refractivity contribution in [3.8, 4) is 0 Å². The van der Waals surface area contributed by atoms with E-state index in [1.807, 2.05) is 0 Å². The molecule has 0 saturated heterocycles. The molecule has 0 aromatic heterocycles. The molecule has 106 valence electrons. The third-order valence-electron chi connectivity index (χ3n) is 3.02. The van der Waals surface area contributed by atoms with E-state index in [4.69, 9.17) is 4.74 Å². The Bertz CT molecular complexity index is 377. The smallest absolute Gasteiger partial charge is 0.188 e. The van der Waals surface area contributed by atoms with Crippen molar-refractivity contribution in [2.75, 3.05) is 13.2 Å². The van der Waals surface area contributed by atoms with Crippen LogP contribution in [0.15, 0.2) is 24.3 Å². The number of carbonyl (C=O) groups is 1. The van der Waals surface area contributed by atoms with Crippen molar-refractivity contribution in [3.05, 3.63) is 35.6 Å². The highest BCUT2D eigenvalue weighted by atomic mass is 19.1. The number of hydrogen-bond acceptors (Lipinski definition) is 2. The summed E-state index contributed by atoms with van der Waals surface area (Å²) >= 11 is 0. The summed E-state index contributed by atoms with van der Waals surface area (Å²) in [5, 5.41) is 0. The van der Waals surface area contributed by atoms with E-state index >= 15 is 0 Å². The molecule has 1 aromatic carbocycles. The van der Waals surface area contributed by atoms with Crippen molar-refractivity contribution in [1.29, 1.82) is 0 Å². The fourth-order valence-corrected chi connectivity index (χ4v) is 1.89. The first-order chi connectivity index (χ1) is 9.24. The largest absolute Gasteiger partial charge is 0.373 e. The first-order valence-corrected chi connectivity index (χ1v) is 7.10. The van der Waals surface area contributed by atoms with Crippen LogP contribution in [0.25, 0.3) is 0 Å². The fraction of sp³-hybridized carbons (Fsp3) is 0.562. The number of ketones is 1. The summed E-state index contributed by atoms with van der Waals surface area (Å²) in [6.45, 7) is 2.84. The van der Waals surface area contributed by atoms with Crippen molar-refractivity contribution >= 4 is 5.78 Å². The number of unbranched alkanes of at least 4 members (excludes halogenated alkanes) is 5.